The molecule has 4 heterocycles. The van der Waals surface area contributed by atoms with Crippen molar-refractivity contribution in [2.45, 2.75) is 81.8 Å². The smallest absolute Gasteiger partial charge is 0.381 e. The Morgan fingerprint density at radius 2 is 2.00 bits per heavy atom. The van der Waals surface area contributed by atoms with E-state index in [1.807, 2.05) is 0 Å². The minimum absolute atomic E-state index is 0.0146. The van der Waals surface area contributed by atoms with Gasteiger partial charge in [-0.05, 0) is 56.1 Å². The number of fused-ring (bicyclic) bond motifs is 1. The lowest BCUT2D eigenvalue weighted by Gasteiger charge is -2.34. The molecule has 256 valence electrons. The second-order valence-electron chi connectivity index (χ2n) is 13.3. The van der Waals surface area contributed by atoms with E-state index < -0.39 is 60.7 Å². The average Bonchev–Trinajstić information content (AvgIpc) is 3.53. The van der Waals surface area contributed by atoms with Crippen LogP contribution >= 0.6 is 0 Å². The highest BCUT2D eigenvalue weighted by molar-refractivity contribution is 6.67. The molecule has 15 heteroatoms. The first kappa shape index (κ1) is 33.4. The van der Waals surface area contributed by atoms with Gasteiger partial charge in [-0.25, -0.2) is 18.3 Å². The van der Waals surface area contributed by atoms with Crippen LogP contribution in [0.4, 0.5) is 22.0 Å². The Hall–Kier alpha value is -3.49. The van der Waals surface area contributed by atoms with Crippen LogP contribution in [0, 0.1) is 23.7 Å². The number of nitrogens with zero attached hydrogens (tertiary/aromatic N) is 5. The molecule has 2 aliphatic carbocycles. The van der Waals surface area contributed by atoms with Gasteiger partial charge in [0, 0.05) is 64.3 Å². The summed E-state index contributed by atoms with van der Waals surface area (Å²) in [5.74, 6) is -7.05. The van der Waals surface area contributed by atoms with Gasteiger partial charge in [-0.15, -0.1) is 0 Å². The third-order valence-corrected chi connectivity index (χ3v) is 9.96. The molecule has 0 bridgehead atoms. The second-order valence-corrected chi connectivity index (χ2v) is 13.3. The van der Waals surface area contributed by atoms with Gasteiger partial charge in [-0.1, -0.05) is 0 Å². The van der Waals surface area contributed by atoms with Crippen LogP contribution in [0.3, 0.4) is 0 Å². The Labute approximate surface area is 269 Å². The van der Waals surface area contributed by atoms with Crippen LogP contribution in [0.1, 0.15) is 80.3 Å². The van der Waals surface area contributed by atoms with E-state index in [0.717, 1.165) is 18.4 Å². The van der Waals surface area contributed by atoms with Crippen molar-refractivity contribution in [2.75, 3.05) is 33.9 Å². The van der Waals surface area contributed by atoms with Gasteiger partial charge in [0.25, 0.3) is 5.91 Å². The van der Waals surface area contributed by atoms with E-state index in [9.17, 15) is 31.5 Å². The van der Waals surface area contributed by atoms with Crippen LogP contribution in [0.2, 0.25) is 0 Å². The number of hydrogen-bond acceptors (Lipinski definition) is 7. The van der Waals surface area contributed by atoms with E-state index in [-0.39, 0.29) is 43.2 Å². The minimum atomic E-state index is -4.44. The monoisotopic (exact) mass is 665 g/mol. The molecule has 4 fully saturated rings. The highest BCUT2D eigenvalue weighted by Gasteiger charge is 2.45. The maximum Gasteiger partial charge on any atom is 0.393 e. The molecule has 47 heavy (non-hydrogen) atoms. The van der Waals surface area contributed by atoms with Gasteiger partial charge >= 0.3 is 6.18 Å². The molecule has 4 aliphatic rings. The number of alkyl halides is 5. The number of halogens is 5. The molecule has 2 saturated carbocycles. The Balaban J connectivity index is 1.35. The van der Waals surface area contributed by atoms with Crippen molar-refractivity contribution >= 4 is 28.9 Å². The normalized spacial score (nSPS) is 27.9. The molecule has 10 nitrogen and oxygen atoms in total. The SMILES string of the molecule is CN=C(C(=O)N[C@H](c1cn2nc(C[C@H]3C[C@@H](C(F)(F)F)CNC3=O)c(C3CCOC3)cc2n1)[C@@H]1CCCC(F)(F)C1)C(=NC)C1CC1. The lowest BCUT2D eigenvalue weighted by molar-refractivity contribution is -0.183. The van der Waals surface area contributed by atoms with Gasteiger partial charge in [0.2, 0.25) is 11.8 Å². The number of carbonyl (C=O) groups is 2. The molecule has 2 N–H and O–H groups in total. The Kier molecular flexibility index (Phi) is 9.38. The third-order valence-electron chi connectivity index (χ3n) is 9.96. The first-order valence-corrected chi connectivity index (χ1v) is 16.3. The summed E-state index contributed by atoms with van der Waals surface area (Å²) in [4.78, 5) is 39.6. The number of carbonyl (C=O) groups excluding carboxylic acids is 2. The first-order chi connectivity index (χ1) is 22.4. The van der Waals surface area contributed by atoms with Crippen LogP contribution in [0.15, 0.2) is 22.2 Å². The molecule has 0 spiro atoms. The number of ether oxygens (including phenoxy) is 1. The number of imidazole rings is 1. The van der Waals surface area contributed by atoms with Gasteiger partial charge in [0.1, 0.15) is 5.71 Å². The van der Waals surface area contributed by atoms with E-state index in [4.69, 9.17) is 14.8 Å². The number of amides is 2. The van der Waals surface area contributed by atoms with Gasteiger partial charge in [0.05, 0.1) is 41.9 Å². The summed E-state index contributed by atoms with van der Waals surface area (Å²) in [5, 5.41) is 10.1. The topological polar surface area (TPSA) is 122 Å². The molecule has 2 amide bonds. The van der Waals surface area contributed by atoms with E-state index >= 15 is 0 Å². The molecule has 0 radical (unpaired) electrons. The highest BCUT2D eigenvalue weighted by atomic mass is 19.4. The second kappa shape index (κ2) is 13.2. The summed E-state index contributed by atoms with van der Waals surface area (Å²) in [5.41, 5.74) is 2.67. The molecule has 1 unspecified atom stereocenters. The molecule has 6 rings (SSSR count). The van der Waals surface area contributed by atoms with Crippen LogP contribution in [0.5, 0.6) is 0 Å². The van der Waals surface area contributed by atoms with E-state index in [0.29, 0.717) is 48.8 Å². The molecular formula is C32H40F5N7O3. The van der Waals surface area contributed by atoms with Crippen molar-refractivity contribution in [1.29, 1.82) is 0 Å². The van der Waals surface area contributed by atoms with Gasteiger partial charge in [-0.2, -0.15) is 18.3 Å². The summed E-state index contributed by atoms with van der Waals surface area (Å²) < 4.78 is 77.2. The summed E-state index contributed by atoms with van der Waals surface area (Å²) >= 11 is 0. The minimum Gasteiger partial charge on any atom is -0.381 e. The molecule has 2 aliphatic heterocycles. The van der Waals surface area contributed by atoms with E-state index in [1.165, 1.54) is 11.6 Å². The van der Waals surface area contributed by atoms with Gasteiger partial charge in [-0.3, -0.25) is 19.6 Å². The molecule has 0 aromatic carbocycles. The predicted octanol–water partition coefficient (Wildman–Crippen LogP) is 4.62. The van der Waals surface area contributed by atoms with Gasteiger partial charge < -0.3 is 15.4 Å². The fraction of sp³-hybridized carbons (Fsp3) is 0.688. The Bertz CT molecular complexity index is 1560. The summed E-state index contributed by atoms with van der Waals surface area (Å²) in [6.45, 7) is 0.436. The molecule has 2 aromatic rings. The fourth-order valence-corrected chi connectivity index (χ4v) is 7.30. The fourth-order valence-electron chi connectivity index (χ4n) is 7.30. The summed E-state index contributed by atoms with van der Waals surface area (Å²) in [6.07, 6.45) is -0.700. The number of aliphatic imine (C=N–C) groups is 2. The van der Waals surface area contributed by atoms with Crippen molar-refractivity contribution in [3.8, 4) is 0 Å². The Morgan fingerprint density at radius 1 is 1.21 bits per heavy atom. The number of rotatable bonds is 9. The van der Waals surface area contributed by atoms with Crippen molar-refractivity contribution < 1.29 is 36.3 Å². The van der Waals surface area contributed by atoms with Crippen LogP contribution < -0.4 is 10.6 Å². The number of piperidine rings is 1. The molecular weight excluding hydrogens is 625 g/mol. The van der Waals surface area contributed by atoms with Crippen LogP contribution in [0.25, 0.3) is 5.65 Å². The van der Waals surface area contributed by atoms with Crippen molar-refractivity contribution in [3.05, 3.63) is 29.2 Å². The van der Waals surface area contributed by atoms with E-state index in [2.05, 4.69) is 20.6 Å². The lowest BCUT2D eigenvalue weighted by Crippen LogP contribution is -2.47. The van der Waals surface area contributed by atoms with Crippen LogP contribution in [-0.2, 0) is 20.7 Å². The van der Waals surface area contributed by atoms with Crippen molar-refractivity contribution in [1.82, 2.24) is 25.2 Å². The number of aromatic nitrogens is 3. The zero-order chi connectivity index (χ0) is 33.5. The maximum absolute atomic E-state index is 14.7. The molecule has 2 saturated heterocycles. The Morgan fingerprint density at radius 3 is 2.64 bits per heavy atom. The summed E-state index contributed by atoms with van der Waals surface area (Å²) in [6, 6.07) is 0.901. The van der Waals surface area contributed by atoms with Crippen molar-refractivity contribution in [3.63, 3.8) is 0 Å². The first-order valence-electron chi connectivity index (χ1n) is 16.3. The zero-order valence-electron chi connectivity index (χ0n) is 26.5. The highest BCUT2D eigenvalue weighted by Crippen LogP contribution is 2.43. The van der Waals surface area contributed by atoms with E-state index in [1.54, 1.807) is 19.3 Å². The standard InChI is InChI=1S/C32H40F5N7O3/c1-38-27(17-5-6-17)28(39-2)30(46)42-26(18-4-3-8-31(33,34)13-18)24-15-44-25(41-24)12-22(19-7-9-47-16-19)23(43-44)11-20-10-21(32(35,36)37)14-40-29(20)45/h12,15,17-21,26H,3-11,13-14,16H2,1-2H3,(H,40,45)(H,42,46)/t18-,19?,20-,21-,26+/m1/s1. The molecule has 2 aromatic heterocycles. The van der Waals surface area contributed by atoms with Crippen molar-refractivity contribution in [2.24, 2.45) is 33.7 Å². The predicted molar refractivity (Wildman–Crippen MR) is 163 cm³/mol. The van der Waals surface area contributed by atoms with Crippen LogP contribution in [-0.4, -0.2) is 83.8 Å². The largest absolute Gasteiger partial charge is 0.393 e. The third kappa shape index (κ3) is 7.34. The maximum atomic E-state index is 14.7. The summed E-state index contributed by atoms with van der Waals surface area (Å²) in [7, 11) is 3.10. The zero-order valence-corrected chi connectivity index (χ0v) is 26.5. The quantitative estimate of drug-likeness (QED) is 0.299. The average molecular weight is 666 g/mol. The number of nitrogens with one attached hydrogen (secondary N) is 2. The lowest BCUT2D eigenvalue weighted by atomic mass is 9.80. The molecule has 5 atom stereocenters. The van der Waals surface area contributed by atoms with Gasteiger partial charge in [0.15, 0.2) is 5.65 Å². The number of hydrogen-bond donors (Lipinski definition) is 2.